The first-order valence-electron chi connectivity index (χ1n) is 9.62. The second kappa shape index (κ2) is 9.53. The van der Waals surface area contributed by atoms with Gasteiger partial charge in [-0.05, 0) is 24.9 Å². The highest BCUT2D eigenvalue weighted by Gasteiger charge is 2.28. The summed E-state index contributed by atoms with van der Waals surface area (Å²) in [4.78, 5) is 22.4. The van der Waals surface area contributed by atoms with E-state index < -0.39 is 5.97 Å². The molecule has 3 rings (SSSR count). The van der Waals surface area contributed by atoms with Gasteiger partial charge in [0.2, 0.25) is 0 Å². The van der Waals surface area contributed by atoms with E-state index >= 15 is 0 Å². The maximum Gasteiger partial charge on any atom is 0.341 e. The Labute approximate surface area is 164 Å². The molecule has 0 amide bonds. The lowest BCUT2D eigenvalue weighted by Gasteiger charge is -2.38. The molecule has 2 aromatic rings. The molecule has 1 saturated heterocycles. The quantitative estimate of drug-likeness (QED) is 0.531. The van der Waals surface area contributed by atoms with Gasteiger partial charge in [0.1, 0.15) is 17.8 Å². The van der Waals surface area contributed by atoms with Crippen LogP contribution in [0.1, 0.15) is 30.1 Å². The van der Waals surface area contributed by atoms with Crippen LogP contribution in [-0.4, -0.2) is 66.8 Å². The SMILES string of the molecule is COCCOC(=O)c1cnc2[nH]ccc2c1NC1CN(CCC#N)CCC1C. The summed E-state index contributed by atoms with van der Waals surface area (Å²) >= 11 is 0. The monoisotopic (exact) mass is 385 g/mol. The van der Waals surface area contributed by atoms with E-state index in [4.69, 9.17) is 14.7 Å². The summed E-state index contributed by atoms with van der Waals surface area (Å²) in [5.74, 6) is 0.0257. The third-order valence-electron chi connectivity index (χ3n) is 5.24. The van der Waals surface area contributed by atoms with Crippen LogP contribution < -0.4 is 5.32 Å². The van der Waals surface area contributed by atoms with Gasteiger partial charge in [-0.1, -0.05) is 6.92 Å². The number of rotatable bonds is 8. The standard InChI is InChI=1S/C20H27N5O3/c1-14-5-9-25(8-3-6-21)13-17(14)24-18-15-4-7-22-19(15)23-12-16(18)20(26)28-11-10-27-2/h4,7,12,14,17H,3,5,8-11,13H2,1-2H3,(H2,22,23,24). The summed E-state index contributed by atoms with van der Waals surface area (Å²) in [6, 6.07) is 4.29. The fraction of sp³-hybridized carbons (Fsp3) is 0.550. The largest absolute Gasteiger partial charge is 0.460 e. The van der Waals surface area contributed by atoms with Crippen molar-refractivity contribution >= 4 is 22.7 Å². The average molecular weight is 385 g/mol. The molecule has 0 radical (unpaired) electrons. The highest BCUT2D eigenvalue weighted by molar-refractivity contribution is 6.04. The Morgan fingerprint density at radius 1 is 1.50 bits per heavy atom. The molecule has 0 bridgehead atoms. The van der Waals surface area contributed by atoms with Crippen molar-refractivity contribution in [3.63, 3.8) is 0 Å². The zero-order valence-corrected chi connectivity index (χ0v) is 16.4. The van der Waals surface area contributed by atoms with Gasteiger partial charge >= 0.3 is 5.97 Å². The summed E-state index contributed by atoms with van der Waals surface area (Å²) < 4.78 is 10.3. The molecule has 1 aliphatic rings. The van der Waals surface area contributed by atoms with Gasteiger partial charge in [0, 0.05) is 50.4 Å². The predicted octanol–water partition coefficient (Wildman–Crippen LogP) is 2.40. The van der Waals surface area contributed by atoms with Crippen molar-refractivity contribution in [1.29, 1.82) is 5.26 Å². The average Bonchev–Trinajstić information content (AvgIpc) is 3.18. The van der Waals surface area contributed by atoms with Crippen LogP contribution in [0.15, 0.2) is 18.5 Å². The number of hydrogen-bond donors (Lipinski definition) is 2. The van der Waals surface area contributed by atoms with E-state index in [0.29, 0.717) is 24.5 Å². The van der Waals surface area contributed by atoms with Gasteiger partial charge in [-0.25, -0.2) is 9.78 Å². The Balaban J connectivity index is 1.83. The molecule has 2 aromatic heterocycles. The molecule has 2 N–H and O–H groups in total. The molecule has 1 aliphatic heterocycles. The van der Waals surface area contributed by atoms with Gasteiger partial charge < -0.3 is 24.7 Å². The van der Waals surface area contributed by atoms with E-state index in [1.54, 1.807) is 13.3 Å². The van der Waals surface area contributed by atoms with Gasteiger partial charge in [0.25, 0.3) is 0 Å². The van der Waals surface area contributed by atoms with Gasteiger partial charge in [0.15, 0.2) is 0 Å². The maximum absolute atomic E-state index is 12.6. The molecule has 2 atom stereocenters. The lowest BCUT2D eigenvalue weighted by atomic mass is 9.92. The van der Waals surface area contributed by atoms with Crippen LogP contribution in [-0.2, 0) is 9.47 Å². The zero-order chi connectivity index (χ0) is 19.9. The Bertz CT molecular complexity index is 844. The number of hydrogen-bond acceptors (Lipinski definition) is 7. The van der Waals surface area contributed by atoms with Crippen LogP contribution in [0.3, 0.4) is 0 Å². The molecule has 28 heavy (non-hydrogen) atoms. The van der Waals surface area contributed by atoms with Crippen molar-refractivity contribution in [2.24, 2.45) is 5.92 Å². The smallest absolute Gasteiger partial charge is 0.341 e. The maximum atomic E-state index is 12.6. The minimum atomic E-state index is -0.417. The Morgan fingerprint density at radius 2 is 2.36 bits per heavy atom. The summed E-state index contributed by atoms with van der Waals surface area (Å²) in [6.45, 7) is 5.34. The first-order chi connectivity index (χ1) is 13.6. The van der Waals surface area contributed by atoms with Crippen molar-refractivity contribution in [1.82, 2.24) is 14.9 Å². The second-order valence-electron chi connectivity index (χ2n) is 7.14. The van der Waals surface area contributed by atoms with Crippen LogP contribution in [0.4, 0.5) is 5.69 Å². The number of nitrogens with one attached hydrogen (secondary N) is 2. The third-order valence-corrected chi connectivity index (χ3v) is 5.24. The molecule has 150 valence electrons. The van der Waals surface area contributed by atoms with Crippen LogP contribution in [0.25, 0.3) is 11.0 Å². The topological polar surface area (TPSA) is 103 Å². The number of nitrogens with zero attached hydrogens (tertiary/aromatic N) is 3. The number of nitriles is 1. The van der Waals surface area contributed by atoms with Crippen LogP contribution in [0, 0.1) is 17.2 Å². The van der Waals surface area contributed by atoms with E-state index in [-0.39, 0.29) is 12.6 Å². The van der Waals surface area contributed by atoms with Crippen molar-refractivity contribution < 1.29 is 14.3 Å². The van der Waals surface area contributed by atoms with E-state index in [1.807, 2.05) is 12.3 Å². The number of aromatic nitrogens is 2. The molecule has 0 saturated carbocycles. The summed E-state index contributed by atoms with van der Waals surface area (Å²) in [6.07, 6.45) is 4.93. The number of esters is 1. The molecule has 3 heterocycles. The molecule has 0 aliphatic carbocycles. The number of H-pyrrole nitrogens is 1. The van der Waals surface area contributed by atoms with Crippen molar-refractivity contribution in [2.75, 3.05) is 45.3 Å². The minimum absolute atomic E-state index is 0.165. The fourth-order valence-corrected chi connectivity index (χ4v) is 3.53. The number of pyridine rings is 1. The lowest BCUT2D eigenvalue weighted by molar-refractivity contribution is 0.0388. The first-order valence-corrected chi connectivity index (χ1v) is 9.62. The summed E-state index contributed by atoms with van der Waals surface area (Å²) in [5, 5.41) is 13.3. The Hall–Kier alpha value is -2.63. The molecule has 0 aromatic carbocycles. The fourth-order valence-electron chi connectivity index (χ4n) is 3.53. The highest BCUT2D eigenvalue weighted by atomic mass is 16.6. The number of carbonyl (C=O) groups is 1. The molecule has 2 unspecified atom stereocenters. The zero-order valence-electron chi connectivity index (χ0n) is 16.4. The molecular weight excluding hydrogens is 358 g/mol. The number of methoxy groups -OCH3 is 1. The molecule has 0 spiro atoms. The van der Waals surface area contributed by atoms with Gasteiger partial charge in [-0.15, -0.1) is 0 Å². The summed E-state index contributed by atoms with van der Waals surface area (Å²) in [7, 11) is 1.57. The van der Waals surface area contributed by atoms with Crippen LogP contribution in [0.2, 0.25) is 0 Å². The lowest BCUT2D eigenvalue weighted by Crippen LogP contribution is -2.47. The highest BCUT2D eigenvalue weighted by Crippen LogP contribution is 2.29. The number of aromatic amines is 1. The van der Waals surface area contributed by atoms with Crippen molar-refractivity contribution in [3.8, 4) is 6.07 Å². The van der Waals surface area contributed by atoms with Crippen molar-refractivity contribution in [2.45, 2.75) is 25.8 Å². The third kappa shape index (κ3) is 4.61. The predicted molar refractivity (Wildman–Crippen MR) is 106 cm³/mol. The molecule has 8 heteroatoms. The first kappa shape index (κ1) is 20.1. The summed E-state index contributed by atoms with van der Waals surface area (Å²) in [5.41, 5.74) is 1.89. The number of fused-ring (bicyclic) bond motifs is 1. The number of carbonyl (C=O) groups excluding carboxylic acids is 1. The number of likely N-dealkylation sites (tertiary alicyclic amines) is 1. The Morgan fingerprint density at radius 3 is 3.14 bits per heavy atom. The molecule has 1 fully saturated rings. The van der Waals surface area contributed by atoms with E-state index in [9.17, 15) is 4.79 Å². The normalized spacial score (nSPS) is 20.0. The van der Waals surface area contributed by atoms with Gasteiger partial charge in [-0.2, -0.15) is 5.26 Å². The van der Waals surface area contributed by atoms with E-state index in [1.165, 1.54) is 0 Å². The molecular formula is C20H27N5O3. The van der Waals surface area contributed by atoms with Crippen LogP contribution >= 0.6 is 0 Å². The van der Waals surface area contributed by atoms with Crippen molar-refractivity contribution in [3.05, 3.63) is 24.0 Å². The van der Waals surface area contributed by atoms with E-state index in [2.05, 4.69) is 33.2 Å². The minimum Gasteiger partial charge on any atom is -0.460 e. The van der Waals surface area contributed by atoms with Gasteiger partial charge in [-0.3, -0.25) is 0 Å². The number of anilines is 1. The second-order valence-corrected chi connectivity index (χ2v) is 7.14. The number of piperidine rings is 1. The van der Waals surface area contributed by atoms with Crippen LogP contribution in [0.5, 0.6) is 0 Å². The molecule has 8 nitrogen and oxygen atoms in total. The van der Waals surface area contributed by atoms with Gasteiger partial charge in [0.05, 0.1) is 18.4 Å². The number of ether oxygens (including phenoxy) is 2. The van der Waals surface area contributed by atoms with E-state index in [0.717, 1.165) is 42.8 Å². The Kier molecular flexibility index (Phi) is 6.85.